The molecule has 122 valence electrons. The highest BCUT2D eigenvalue weighted by atomic mass is 16.6. The van der Waals surface area contributed by atoms with Crippen LogP contribution in [0.4, 0.5) is 5.69 Å². The van der Waals surface area contributed by atoms with Gasteiger partial charge in [0.1, 0.15) is 0 Å². The number of aryl methyl sites for hydroxylation is 1. The van der Waals surface area contributed by atoms with Gasteiger partial charge in [0, 0.05) is 17.8 Å². The quantitative estimate of drug-likeness (QED) is 0.810. The van der Waals surface area contributed by atoms with E-state index in [2.05, 4.69) is 10.5 Å². The molecule has 8 heteroatoms. The van der Waals surface area contributed by atoms with Gasteiger partial charge in [-0.1, -0.05) is 5.16 Å². The van der Waals surface area contributed by atoms with Gasteiger partial charge < -0.3 is 24.1 Å². The summed E-state index contributed by atoms with van der Waals surface area (Å²) < 4.78 is 19.8. The van der Waals surface area contributed by atoms with E-state index in [9.17, 15) is 9.59 Å². The first kappa shape index (κ1) is 16.3. The van der Waals surface area contributed by atoms with Crippen molar-refractivity contribution in [2.75, 3.05) is 26.1 Å². The van der Waals surface area contributed by atoms with Crippen molar-refractivity contribution in [3.8, 4) is 11.5 Å². The standard InChI is InChI=1S/C15H16N2O6/c1-9-6-13(23-17-9)15(19)22-8-14(18)16-10-4-5-11(20-2)12(7-10)21-3/h4-7H,8H2,1-3H3,(H,16,18). The minimum Gasteiger partial charge on any atom is -0.493 e. The molecule has 0 radical (unpaired) electrons. The summed E-state index contributed by atoms with van der Waals surface area (Å²) in [6, 6.07) is 6.31. The van der Waals surface area contributed by atoms with Crippen molar-refractivity contribution in [2.45, 2.75) is 6.92 Å². The second-order valence-electron chi connectivity index (χ2n) is 4.53. The number of methoxy groups -OCH3 is 2. The van der Waals surface area contributed by atoms with Crippen LogP contribution in [-0.4, -0.2) is 37.9 Å². The molecule has 1 N–H and O–H groups in total. The second-order valence-corrected chi connectivity index (χ2v) is 4.53. The first-order valence-corrected chi connectivity index (χ1v) is 6.66. The van der Waals surface area contributed by atoms with Gasteiger partial charge in [0.2, 0.25) is 5.76 Å². The minimum atomic E-state index is -0.756. The van der Waals surface area contributed by atoms with E-state index in [0.717, 1.165) is 0 Å². The van der Waals surface area contributed by atoms with E-state index in [1.165, 1.54) is 20.3 Å². The predicted octanol–water partition coefficient (Wildman–Crippen LogP) is 1.80. The van der Waals surface area contributed by atoms with E-state index in [4.69, 9.17) is 18.7 Å². The molecule has 0 atom stereocenters. The molecule has 0 spiro atoms. The number of nitrogens with zero attached hydrogens (tertiary/aromatic N) is 1. The Kier molecular flexibility index (Phi) is 5.19. The maximum Gasteiger partial charge on any atom is 0.377 e. The molecule has 1 amide bonds. The zero-order valence-corrected chi connectivity index (χ0v) is 12.9. The van der Waals surface area contributed by atoms with E-state index in [1.54, 1.807) is 25.1 Å². The molecule has 8 nitrogen and oxygen atoms in total. The second kappa shape index (κ2) is 7.30. The fraction of sp³-hybridized carbons (Fsp3) is 0.267. The summed E-state index contributed by atoms with van der Waals surface area (Å²) in [6.07, 6.45) is 0. The van der Waals surface area contributed by atoms with Gasteiger partial charge in [0.25, 0.3) is 5.91 Å². The normalized spacial score (nSPS) is 10.0. The molecule has 0 aliphatic heterocycles. The number of aromatic nitrogens is 1. The Labute approximate surface area is 132 Å². The Morgan fingerprint density at radius 2 is 1.91 bits per heavy atom. The number of hydrogen-bond donors (Lipinski definition) is 1. The molecule has 2 aromatic rings. The Bertz CT molecular complexity index is 710. The molecule has 0 saturated carbocycles. The molecule has 0 fully saturated rings. The van der Waals surface area contributed by atoms with Gasteiger partial charge in [-0.3, -0.25) is 4.79 Å². The molecule has 1 aromatic heterocycles. The number of carbonyl (C=O) groups is 2. The molecule has 1 heterocycles. The van der Waals surface area contributed by atoms with Crippen molar-refractivity contribution in [2.24, 2.45) is 0 Å². The van der Waals surface area contributed by atoms with Crippen LogP contribution in [-0.2, 0) is 9.53 Å². The summed E-state index contributed by atoms with van der Waals surface area (Å²) in [5.74, 6) is -0.298. The number of rotatable bonds is 6. The van der Waals surface area contributed by atoms with E-state index < -0.39 is 18.5 Å². The Balaban J connectivity index is 1.91. The number of nitrogens with one attached hydrogen (secondary N) is 1. The van der Waals surface area contributed by atoms with Crippen molar-refractivity contribution >= 4 is 17.6 Å². The molecule has 0 aliphatic carbocycles. The Morgan fingerprint density at radius 1 is 1.17 bits per heavy atom. The zero-order chi connectivity index (χ0) is 16.8. The maximum absolute atomic E-state index is 11.8. The lowest BCUT2D eigenvalue weighted by molar-refractivity contribution is -0.119. The molecular weight excluding hydrogens is 304 g/mol. The highest BCUT2D eigenvalue weighted by molar-refractivity contribution is 5.94. The van der Waals surface area contributed by atoms with E-state index in [1.807, 2.05) is 0 Å². The number of anilines is 1. The maximum atomic E-state index is 11.8. The van der Waals surface area contributed by atoms with Gasteiger partial charge >= 0.3 is 5.97 Å². The van der Waals surface area contributed by atoms with Gasteiger partial charge in [0.15, 0.2) is 18.1 Å². The molecule has 1 aromatic carbocycles. The first-order chi connectivity index (χ1) is 11.0. The van der Waals surface area contributed by atoms with Gasteiger partial charge in [-0.25, -0.2) is 4.79 Å². The largest absolute Gasteiger partial charge is 0.493 e. The predicted molar refractivity (Wildman–Crippen MR) is 79.7 cm³/mol. The van der Waals surface area contributed by atoms with Crippen LogP contribution in [0.1, 0.15) is 16.2 Å². The van der Waals surface area contributed by atoms with Gasteiger partial charge in [-0.05, 0) is 19.1 Å². The van der Waals surface area contributed by atoms with Crippen LogP contribution < -0.4 is 14.8 Å². The van der Waals surface area contributed by atoms with Crippen LogP contribution in [0.25, 0.3) is 0 Å². The number of amides is 1. The lowest BCUT2D eigenvalue weighted by atomic mass is 10.2. The highest BCUT2D eigenvalue weighted by Gasteiger charge is 2.15. The van der Waals surface area contributed by atoms with Crippen LogP contribution in [0.5, 0.6) is 11.5 Å². The third-order valence-electron chi connectivity index (χ3n) is 2.83. The third-order valence-corrected chi connectivity index (χ3v) is 2.83. The topological polar surface area (TPSA) is 99.9 Å². The van der Waals surface area contributed by atoms with E-state index >= 15 is 0 Å². The SMILES string of the molecule is COc1ccc(NC(=O)COC(=O)c2cc(C)no2)cc1OC. The fourth-order valence-corrected chi connectivity index (χ4v) is 1.77. The average molecular weight is 320 g/mol. The van der Waals surface area contributed by atoms with Crippen LogP contribution >= 0.6 is 0 Å². The third kappa shape index (κ3) is 4.22. The van der Waals surface area contributed by atoms with Crippen LogP contribution in [0, 0.1) is 6.92 Å². The van der Waals surface area contributed by atoms with E-state index in [-0.39, 0.29) is 5.76 Å². The molecule has 2 rings (SSSR count). The van der Waals surface area contributed by atoms with Crippen molar-refractivity contribution in [3.63, 3.8) is 0 Å². The first-order valence-electron chi connectivity index (χ1n) is 6.66. The number of benzene rings is 1. The van der Waals surface area contributed by atoms with Crippen LogP contribution in [0.15, 0.2) is 28.8 Å². The summed E-state index contributed by atoms with van der Waals surface area (Å²) in [6.45, 7) is 1.22. The summed E-state index contributed by atoms with van der Waals surface area (Å²) in [5, 5.41) is 6.15. The zero-order valence-electron chi connectivity index (χ0n) is 12.9. The van der Waals surface area contributed by atoms with Crippen LogP contribution in [0.3, 0.4) is 0 Å². The number of hydrogen-bond acceptors (Lipinski definition) is 7. The highest BCUT2D eigenvalue weighted by Crippen LogP contribution is 2.29. The summed E-state index contributed by atoms with van der Waals surface area (Å²) >= 11 is 0. The molecular formula is C15H16N2O6. The average Bonchev–Trinajstić information content (AvgIpc) is 2.99. The number of carbonyl (C=O) groups excluding carboxylic acids is 2. The fourth-order valence-electron chi connectivity index (χ4n) is 1.77. The molecule has 0 aliphatic rings. The van der Waals surface area contributed by atoms with Crippen molar-refractivity contribution in [3.05, 3.63) is 35.7 Å². The van der Waals surface area contributed by atoms with Gasteiger partial charge in [-0.2, -0.15) is 0 Å². The molecule has 0 saturated heterocycles. The smallest absolute Gasteiger partial charge is 0.377 e. The number of ether oxygens (including phenoxy) is 3. The van der Waals surface area contributed by atoms with Crippen molar-refractivity contribution < 1.29 is 28.3 Å². The molecule has 0 bridgehead atoms. The Morgan fingerprint density at radius 3 is 2.52 bits per heavy atom. The van der Waals surface area contributed by atoms with Crippen LogP contribution in [0.2, 0.25) is 0 Å². The summed E-state index contributed by atoms with van der Waals surface area (Å²) in [7, 11) is 3.01. The molecule has 0 unspecified atom stereocenters. The summed E-state index contributed by atoms with van der Waals surface area (Å²) in [4.78, 5) is 23.4. The monoisotopic (exact) mass is 320 g/mol. The van der Waals surface area contributed by atoms with E-state index in [0.29, 0.717) is 22.9 Å². The number of esters is 1. The Hall–Kier alpha value is -3.03. The lowest BCUT2D eigenvalue weighted by Crippen LogP contribution is -2.20. The lowest BCUT2D eigenvalue weighted by Gasteiger charge is -2.10. The van der Waals surface area contributed by atoms with Gasteiger partial charge in [-0.15, -0.1) is 0 Å². The molecule has 23 heavy (non-hydrogen) atoms. The van der Waals surface area contributed by atoms with Crippen molar-refractivity contribution in [1.82, 2.24) is 5.16 Å². The minimum absolute atomic E-state index is 0.0542. The van der Waals surface area contributed by atoms with Crippen molar-refractivity contribution in [1.29, 1.82) is 0 Å². The summed E-state index contributed by atoms with van der Waals surface area (Å²) in [5.41, 5.74) is 1.03. The van der Waals surface area contributed by atoms with Gasteiger partial charge in [0.05, 0.1) is 19.9 Å².